The van der Waals surface area contributed by atoms with Gasteiger partial charge < -0.3 is 15.1 Å². The molecule has 0 amide bonds. The molecule has 1 rings (SSSR count). The van der Waals surface area contributed by atoms with Crippen LogP contribution in [0, 0.1) is 5.92 Å². The van der Waals surface area contributed by atoms with Gasteiger partial charge in [-0.3, -0.25) is 0 Å². The first kappa shape index (κ1) is 14.9. The number of nitrogens with one attached hydrogen (secondary N) is 1. The lowest BCUT2D eigenvalue weighted by atomic mass is 10.1. The van der Waals surface area contributed by atoms with Gasteiger partial charge in [0.2, 0.25) is 0 Å². The van der Waals surface area contributed by atoms with E-state index in [1.54, 1.807) is 0 Å². The molecule has 3 heteroatoms. The molecule has 0 bridgehead atoms. The van der Waals surface area contributed by atoms with Crippen LogP contribution in [0.4, 0.5) is 0 Å². The van der Waals surface area contributed by atoms with Crippen LogP contribution < -0.4 is 5.32 Å². The third-order valence-electron chi connectivity index (χ3n) is 3.63. The fourth-order valence-corrected chi connectivity index (χ4v) is 2.20. The maximum atomic E-state index is 3.62. The highest BCUT2D eigenvalue weighted by Gasteiger charge is 2.23. The Kier molecular flexibility index (Phi) is 5.90. The third kappa shape index (κ3) is 6.39. The zero-order chi connectivity index (χ0) is 12.9. The minimum Gasteiger partial charge on any atom is -0.312 e. The molecule has 1 saturated heterocycles. The van der Waals surface area contributed by atoms with Crippen molar-refractivity contribution < 1.29 is 0 Å². The van der Waals surface area contributed by atoms with E-state index in [1.165, 1.54) is 39.1 Å². The average Bonchev–Trinajstić information content (AvgIpc) is 2.70. The van der Waals surface area contributed by atoms with Crippen LogP contribution in [0.5, 0.6) is 0 Å². The standard InChI is InChI=1S/C14H31N3/c1-6-16(5)9-10-17-8-7-13(12-17)11-15-14(2,3)4/h13,15H,6-12H2,1-5H3. The van der Waals surface area contributed by atoms with E-state index >= 15 is 0 Å². The van der Waals surface area contributed by atoms with Gasteiger partial charge in [-0.15, -0.1) is 0 Å². The molecule has 1 aliphatic rings. The van der Waals surface area contributed by atoms with E-state index in [2.05, 4.69) is 49.9 Å². The van der Waals surface area contributed by atoms with Crippen molar-refractivity contribution in [1.29, 1.82) is 0 Å². The second-order valence-corrected chi connectivity index (χ2v) is 6.48. The summed E-state index contributed by atoms with van der Waals surface area (Å²) in [4.78, 5) is 5.00. The molecule has 0 aromatic heterocycles. The van der Waals surface area contributed by atoms with E-state index in [9.17, 15) is 0 Å². The average molecular weight is 241 g/mol. The molecule has 1 fully saturated rings. The Morgan fingerprint density at radius 3 is 2.65 bits per heavy atom. The molecular formula is C14H31N3. The van der Waals surface area contributed by atoms with Crippen LogP contribution >= 0.6 is 0 Å². The van der Waals surface area contributed by atoms with Crippen molar-refractivity contribution >= 4 is 0 Å². The van der Waals surface area contributed by atoms with Crippen molar-refractivity contribution in [3.05, 3.63) is 0 Å². The molecule has 0 radical (unpaired) electrons. The van der Waals surface area contributed by atoms with Crippen LogP contribution in [-0.2, 0) is 0 Å². The van der Waals surface area contributed by atoms with Crippen LogP contribution in [0.15, 0.2) is 0 Å². The lowest BCUT2D eigenvalue weighted by Gasteiger charge is -2.24. The zero-order valence-electron chi connectivity index (χ0n) is 12.4. The van der Waals surface area contributed by atoms with E-state index in [0.29, 0.717) is 0 Å². The van der Waals surface area contributed by atoms with E-state index in [1.807, 2.05) is 0 Å². The molecule has 102 valence electrons. The number of likely N-dealkylation sites (N-methyl/N-ethyl adjacent to an activating group) is 1. The van der Waals surface area contributed by atoms with Crippen molar-refractivity contribution in [1.82, 2.24) is 15.1 Å². The summed E-state index contributed by atoms with van der Waals surface area (Å²) in [5, 5.41) is 3.62. The van der Waals surface area contributed by atoms with Crippen LogP contribution in [0.3, 0.4) is 0 Å². The molecule has 17 heavy (non-hydrogen) atoms. The Bertz CT molecular complexity index is 210. The quantitative estimate of drug-likeness (QED) is 0.763. The fourth-order valence-electron chi connectivity index (χ4n) is 2.20. The van der Waals surface area contributed by atoms with E-state index in [-0.39, 0.29) is 5.54 Å². The smallest absolute Gasteiger partial charge is 0.0109 e. The minimum atomic E-state index is 0.260. The summed E-state index contributed by atoms with van der Waals surface area (Å²) in [5.41, 5.74) is 0.260. The van der Waals surface area contributed by atoms with Gasteiger partial charge in [-0.25, -0.2) is 0 Å². The number of hydrogen-bond donors (Lipinski definition) is 1. The molecule has 1 heterocycles. The molecule has 0 aromatic rings. The molecule has 1 N–H and O–H groups in total. The summed E-state index contributed by atoms with van der Waals surface area (Å²) < 4.78 is 0. The number of nitrogens with zero attached hydrogens (tertiary/aromatic N) is 2. The highest BCUT2D eigenvalue weighted by Crippen LogP contribution is 2.16. The molecule has 3 nitrogen and oxygen atoms in total. The lowest BCUT2D eigenvalue weighted by molar-refractivity contribution is 0.255. The van der Waals surface area contributed by atoms with Gasteiger partial charge in [0, 0.05) is 25.2 Å². The Hall–Kier alpha value is -0.120. The second-order valence-electron chi connectivity index (χ2n) is 6.48. The largest absolute Gasteiger partial charge is 0.312 e. The Morgan fingerprint density at radius 1 is 1.35 bits per heavy atom. The SMILES string of the molecule is CCN(C)CCN1CCC(CNC(C)(C)C)C1. The topological polar surface area (TPSA) is 18.5 Å². The first-order valence-corrected chi connectivity index (χ1v) is 7.06. The predicted octanol–water partition coefficient (Wildman–Crippen LogP) is 1.65. The summed E-state index contributed by atoms with van der Waals surface area (Å²) in [6.45, 7) is 16.3. The van der Waals surface area contributed by atoms with Gasteiger partial charge in [-0.2, -0.15) is 0 Å². The molecular weight excluding hydrogens is 210 g/mol. The number of hydrogen-bond acceptors (Lipinski definition) is 3. The highest BCUT2D eigenvalue weighted by atomic mass is 15.2. The summed E-state index contributed by atoms with van der Waals surface area (Å²) >= 11 is 0. The summed E-state index contributed by atoms with van der Waals surface area (Å²) in [6, 6.07) is 0. The molecule has 0 aromatic carbocycles. The van der Waals surface area contributed by atoms with Crippen molar-refractivity contribution in [2.75, 3.05) is 46.3 Å². The summed E-state index contributed by atoms with van der Waals surface area (Å²) in [7, 11) is 2.20. The van der Waals surface area contributed by atoms with Gasteiger partial charge in [0.15, 0.2) is 0 Å². The number of rotatable bonds is 6. The van der Waals surface area contributed by atoms with Crippen molar-refractivity contribution in [3.63, 3.8) is 0 Å². The Labute approximate surface area is 108 Å². The zero-order valence-corrected chi connectivity index (χ0v) is 12.4. The Morgan fingerprint density at radius 2 is 2.06 bits per heavy atom. The highest BCUT2D eigenvalue weighted by molar-refractivity contribution is 4.80. The van der Waals surface area contributed by atoms with Gasteiger partial charge >= 0.3 is 0 Å². The maximum absolute atomic E-state index is 3.62. The van der Waals surface area contributed by atoms with Gasteiger partial charge in [-0.05, 0) is 59.8 Å². The van der Waals surface area contributed by atoms with Crippen LogP contribution in [0.1, 0.15) is 34.1 Å². The van der Waals surface area contributed by atoms with Crippen LogP contribution in [0.2, 0.25) is 0 Å². The Balaban J connectivity index is 2.14. The maximum Gasteiger partial charge on any atom is 0.0109 e. The monoisotopic (exact) mass is 241 g/mol. The number of likely N-dealkylation sites (tertiary alicyclic amines) is 1. The molecule has 0 saturated carbocycles. The first-order valence-electron chi connectivity index (χ1n) is 7.06. The molecule has 1 unspecified atom stereocenters. The van der Waals surface area contributed by atoms with Crippen molar-refractivity contribution in [2.45, 2.75) is 39.7 Å². The van der Waals surface area contributed by atoms with E-state index < -0.39 is 0 Å². The fraction of sp³-hybridized carbons (Fsp3) is 1.00. The van der Waals surface area contributed by atoms with E-state index in [0.717, 1.165) is 12.5 Å². The van der Waals surface area contributed by atoms with Crippen molar-refractivity contribution in [3.8, 4) is 0 Å². The molecule has 1 atom stereocenters. The minimum absolute atomic E-state index is 0.260. The summed E-state index contributed by atoms with van der Waals surface area (Å²) in [6.07, 6.45) is 1.36. The normalized spacial score (nSPS) is 22.6. The van der Waals surface area contributed by atoms with Crippen molar-refractivity contribution in [2.24, 2.45) is 5.92 Å². The molecule has 0 spiro atoms. The predicted molar refractivity (Wildman–Crippen MR) is 75.5 cm³/mol. The molecule has 1 aliphatic heterocycles. The lowest BCUT2D eigenvalue weighted by Crippen LogP contribution is -2.40. The van der Waals surface area contributed by atoms with Gasteiger partial charge in [0.1, 0.15) is 0 Å². The van der Waals surface area contributed by atoms with Gasteiger partial charge in [-0.1, -0.05) is 6.92 Å². The van der Waals surface area contributed by atoms with Gasteiger partial charge in [0.05, 0.1) is 0 Å². The van der Waals surface area contributed by atoms with Crippen LogP contribution in [0.25, 0.3) is 0 Å². The first-order chi connectivity index (χ1) is 7.90. The summed E-state index contributed by atoms with van der Waals surface area (Å²) in [5.74, 6) is 0.848. The van der Waals surface area contributed by atoms with Gasteiger partial charge in [0.25, 0.3) is 0 Å². The second kappa shape index (κ2) is 6.72. The third-order valence-corrected chi connectivity index (χ3v) is 3.63. The van der Waals surface area contributed by atoms with Crippen LogP contribution in [-0.4, -0.2) is 61.7 Å². The molecule has 0 aliphatic carbocycles. The van der Waals surface area contributed by atoms with E-state index in [4.69, 9.17) is 0 Å².